The van der Waals surface area contributed by atoms with Crippen molar-refractivity contribution in [1.82, 2.24) is 0 Å². The molecule has 1 heterocycles. The zero-order valence-corrected chi connectivity index (χ0v) is 42.2. The van der Waals surface area contributed by atoms with Gasteiger partial charge in [-0.15, -0.1) is 0 Å². The maximum absolute atomic E-state index is 6.85. The van der Waals surface area contributed by atoms with Gasteiger partial charge in [-0.1, -0.05) is 231 Å². The molecule has 0 saturated carbocycles. The molecule has 0 N–H and O–H groups in total. The Balaban J connectivity index is 1.03. The Bertz CT molecular complexity index is 4230. The molecule has 77 heavy (non-hydrogen) atoms. The second-order valence-corrected chi connectivity index (χ2v) is 20.3. The molecule has 0 fully saturated rings. The molecule has 15 rings (SSSR count). The quantitative estimate of drug-likeness (QED) is 0.144. The third kappa shape index (κ3) is 6.70. The number of hydrogen-bond donors (Lipinski definition) is 0. The van der Waals surface area contributed by atoms with Crippen molar-refractivity contribution in [3.05, 3.63) is 348 Å². The third-order valence-electron chi connectivity index (χ3n) is 16.4. The highest BCUT2D eigenvalue weighted by molar-refractivity contribution is 6.10. The Kier molecular flexibility index (Phi) is 10.3. The lowest BCUT2D eigenvalue weighted by atomic mass is 9.51. The number of anilines is 6. The van der Waals surface area contributed by atoms with Crippen LogP contribution in [0.4, 0.5) is 34.1 Å². The number of para-hydroxylation sites is 4. The maximum Gasteiger partial charge on any atom is 0.159 e. The van der Waals surface area contributed by atoms with Crippen molar-refractivity contribution in [2.45, 2.75) is 10.8 Å². The second-order valence-electron chi connectivity index (χ2n) is 20.3. The largest absolute Gasteiger partial charge is 0.454 e. The monoisotopic (exact) mass is 982 g/mol. The molecule has 3 heteroatoms. The highest BCUT2D eigenvalue weighted by Crippen LogP contribution is 2.65. The molecule has 13 aromatic rings. The van der Waals surface area contributed by atoms with Gasteiger partial charge in [0.2, 0.25) is 0 Å². The summed E-state index contributed by atoms with van der Waals surface area (Å²) >= 11 is 0. The van der Waals surface area contributed by atoms with Crippen molar-refractivity contribution >= 4 is 56.1 Å². The fourth-order valence-electron chi connectivity index (χ4n) is 13.3. The van der Waals surface area contributed by atoms with Crippen LogP contribution in [-0.2, 0) is 10.8 Å². The van der Waals surface area contributed by atoms with Crippen LogP contribution in [0.3, 0.4) is 0 Å². The summed E-state index contributed by atoms with van der Waals surface area (Å²) in [5.74, 6) is 0. The topological polar surface area (TPSA) is 19.6 Å². The van der Waals surface area contributed by atoms with Crippen molar-refractivity contribution < 1.29 is 4.42 Å². The normalized spacial score (nSPS) is 13.4. The zero-order valence-electron chi connectivity index (χ0n) is 42.2. The minimum atomic E-state index is -0.788. The average molecular weight is 983 g/mol. The summed E-state index contributed by atoms with van der Waals surface area (Å²) < 4.78 is 6.85. The van der Waals surface area contributed by atoms with E-state index in [9.17, 15) is 0 Å². The van der Waals surface area contributed by atoms with Crippen LogP contribution < -0.4 is 9.80 Å². The van der Waals surface area contributed by atoms with E-state index in [-0.39, 0.29) is 0 Å². The van der Waals surface area contributed by atoms with Gasteiger partial charge >= 0.3 is 0 Å². The summed E-state index contributed by atoms with van der Waals surface area (Å²) in [6.07, 6.45) is 0. The molecule has 1 aromatic heterocycles. The van der Waals surface area contributed by atoms with E-state index in [1.807, 2.05) is 6.07 Å². The Morgan fingerprint density at radius 3 is 1.22 bits per heavy atom. The standard InChI is InChI=1S/C74H50N2O/c1-6-23-51(24-7-1)52-41-43-57(44-42-52)75(55-29-12-4-13-30-55)58-45-47-60-61-48-46-59(76(56-31-14-5-15-32-56)70-39-22-34-63-62-33-16-21-40-71(62)77-72(63)70)50-69(61)74(68(60)49-58)66-37-19-17-35-64(66)73(53-25-8-2-9-26-53,54-27-10-3-11-28-54)65-36-18-20-38-67(65)74/h1-50H. The molecule has 2 aliphatic carbocycles. The average Bonchev–Trinajstić information content (AvgIpc) is 4.28. The maximum atomic E-state index is 6.85. The van der Waals surface area contributed by atoms with Crippen LogP contribution in [0.25, 0.3) is 44.2 Å². The van der Waals surface area contributed by atoms with Crippen molar-refractivity contribution in [2.24, 2.45) is 0 Å². The molecule has 0 radical (unpaired) electrons. The number of rotatable bonds is 9. The summed E-state index contributed by atoms with van der Waals surface area (Å²) in [5, 5.41) is 2.19. The number of hydrogen-bond acceptors (Lipinski definition) is 3. The summed E-state index contributed by atoms with van der Waals surface area (Å²) in [6.45, 7) is 0. The summed E-state index contributed by atoms with van der Waals surface area (Å²) in [7, 11) is 0. The molecule has 0 aliphatic heterocycles. The van der Waals surface area contributed by atoms with Crippen LogP contribution in [0, 0.1) is 0 Å². The van der Waals surface area contributed by atoms with Gasteiger partial charge in [0.05, 0.1) is 16.5 Å². The van der Waals surface area contributed by atoms with Crippen molar-refractivity contribution in [3.8, 4) is 22.3 Å². The van der Waals surface area contributed by atoms with E-state index >= 15 is 0 Å². The minimum absolute atomic E-state index is 0.650. The molecular formula is C74H50N2O. The fourth-order valence-corrected chi connectivity index (χ4v) is 13.3. The lowest BCUT2D eigenvalue weighted by Gasteiger charge is -2.50. The van der Waals surface area contributed by atoms with Crippen LogP contribution in [0.5, 0.6) is 0 Å². The van der Waals surface area contributed by atoms with Gasteiger partial charge in [0, 0.05) is 39.2 Å². The van der Waals surface area contributed by atoms with Crippen LogP contribution in [0.1, 0.15) is 44.5 Å². The van der Waals surface area contributed by atoms with Gasteiger partial charge in [0.25, 0.3) is 0 Å². The van der Waals surface area contributed by atoms with Gasteiger partial charge in [-0.05, 0) is 140 Å². The lowest BCUT2D eigenvalue weighted by molar-refractivity contribution is 0.623. The van der Waals surface area contributed by atoms with Crippen molar-refractivity contribution in [2.75, 3.05) is 9.80 Å². The molecular weight excluding hydrogens is 933 g/mol. The number of benzene rings is 12. The highest BCUT2D eigenvalue weighted by atomic mass is 16.3. The molecule has 3 nitrogen and oxygen atoms in total. The van der Waals surface area contributed by atoms with Crippen LogP contribution in [-0.4, -0.2) is 0 Å². The Hall–Kier alpha value is -9.96. The number of furan rings is 1. The SMILES string of the molecule is c1ccc(-c2ccc(N(c3ccccc3)c3ccc4c(c3)C3(c5cc(N(c6ccccc6)c6cccc7c6oc6ccccc67)ccc5-4)c4ccccc4C(c4ccccc4)(c4ccccc4)c4ccccc43)cc2)cc1. The molecule has 0 bridgehead atoms. The van der Waals surface area contributed by atoms with Crippen LogP contribution in [0.2, 0.25) is 0 Å². The van der Waals surface area contributed by atoms with E-state index in [0.717, 1.165) is 56.1 Å². The van der Waals surface area contributed by atoms with Gasteiger partial charge in [-0.3, -0.25) is 0 Å². The molecule has 1 spiro atoms. The van der Waals surface area contributed by atoms with Gasteiger partial charge < -0.3 is 14.2 Å². The molecule has 0 atom stereocenters. The Labute approximate surface area is 448 Å². The van der Waals surface area contributed by atoms with Crippen LogP contribution in [0.15, 0.2) is 308 Å². The fraction of sp³-hybridized carbons (Fsp3) is 0.0270. The minimum Gasteiger partial charge on any atom is -0.454 e. The van der Waals surface area contributed by atoms with Gasteiger partial charge in [-0.25, -0.2) is 0 Å². The predicted octanol–water partition coefficient (Wildman–Crippen LogP) is 19.3. The zero-order chi connectivity index (χ0) is 50.9. The first-order chi connectivity index (χ1) is 38.2. The van der Waals surface area contributed by atoms with E-state index in [1.165, 1.54) is 66.8 Å². The summed E-state index contributed by atoms with van der Waals surface area (Å²) in [6, 6.07) is 111. The van der Waals surface area contributed by atoms with Crippen molar-refractivity contribution in [3.63, 3.8) is 0 Å². The summed E-state index contributed by atoms with van der Waals surface area (Å²) in [5.41, 5.74) is 21.3. The first kappa shape index (κ1) is 44.5. The second kappa shape index (κ2) is 17.9. The molecule has 2 aliphatic rings. The Morgan fingerprint density at radius 1 is 0.260 bits per heavy atom. The van der Waals surface area contributed by atoms with E-state index in [2.05, 4.69) is 307 Å². The number of nitrogens with zero attached hydrogens (tertiary/aromatic N) is 2. The Morgan fingerprint density at radius 2 is 0.662 bits per heavy atom. The molecule has 0 amide bonds. The van der Waals surface area contributed by atoms with Crippen molar-refractivity contribution in [1.29, 1.82) is 0 Å². The third-order valence-corrected chi connectivity index (χ3v) is 16.4. The highest BCUT2D eigenvalue weighted by Gasteiger charge is 2.57. The van der Waals surface area contributed by atoms with Gasteiger partial charge in [-0.2, -0.15) is 0 Å². The van der Waals surface area contributed by atoms with E-state index < -0.39 is 10.8 Å². The van der Waals surface area contributed by atoms with Gasteiger partial charge in [0.1, 0.15) is 5.58 Å². The first-order valence-electron chi connectivity index (χ1n) is 26.6. The summed E-state index contributed by atoms with van der Waals surface area (Å²) in [4.78, 5) is 4.81. The molecule has 12 aromatic carbocycles. The molecule has 0 unspecified atom stereocenters. The van der Waals surface area contributed by atoms with E-state index in [0.29, 0.717) is 0 Å². The lowest BCUT2D eigenvalue weighted by Crippen LogP contribution is -2.44. The molecule has 362 valence electrons. The molecule has 0 saturated heterocycles. The predicted molar refractivity (Wildman–Crippen MR) is 318 cm³/mol. The van der Waals surface area contributed by atoms with Crippen LogP contribution >= 0.6 is 0 Å². The van der Waals surface area contributed by atoms with Gasteiger partial charge in [0.15, 0.2) is 5.58 Å². The van der Waals surface area contributed by atoms with E-state index in [4.69, 9.17) is 4.42 Å². The number of fused-ring (bicyclic) bond motifs is 12. The first-order valence-corrected chi connectivity index (χ1v) is 26.6. The van der Waals surface area contributed by atoms with E-state index in [1.54, 1.807) is 0 Å². The smallest absolute Gasteiger partial charge is 0.159 e.